The van der Waals surface area contributed by atoms with Crippen LogP contribution in [0.15, 0.2) is 24.3 Å². The third-order valence-electron chi connectivity index (χ3n) is 2.74. The van der Waals surface area contributed by atoms with E-state index in [4.69, 9.17) is 16.3 Å². The lowest BCUT2D eigenvalue weighted by Crippen LogP contribution is -2.11. The average molecular weight is 271 g/mol. The Hall–Kier alpha value is -0.510. The van der Waals surface area contributed by atoms with E-state index in [9.17, 15) is 4.79 Å². The lowest BCUT2D eigenvalue weighted by atomic mass is 10.1. The summed E-state index contributed by atoms with van der Waals surface area (Å²) in [5.74, 6) is 1.47. The molecule has 0 aliphatic carbocycles. The molecule has 1 fully saturated rings. The van der Waals surface area contributed by atoms with Gasteiger partial charge in [-0.3, -0.25) is 4.79 Å². The fourth-order valence-electron chi connectivity index (χ4n) is 1.82. The fourth-order valence-corrected chi connectivity index (χ4v) is 3.05. The largest absolute Gasteiger partial charge is 0.377 e. The van der Waals surface area contributed by atoms with Gasteiger partial charge in [0.2, 0.25) is 0 Å². The molecule has 1 aliphatic rings. The molecule has 92 valence electrons. The number of rotatable bonds is 5. The van der Waals surface area contributed by atoms with Crippen molar-refractivity contribution in [3.8, 4) is 0 Å². The zero-order chi connectivity index (χ0) is 12.1. The minimum atomic E-state index is 0.0959. The van der Waals surface area contributed by atoms with E-state index < -0.39 is 0 Å². The van der Waals surface area contributed by atoms with Crippen molar-refractivity contribution in [1.29, 1.82) is 0 Å². The van der Waals surface area contributed by atoms with Gasteiger partial charge in [-0.15, -0.1) is 0 Å². The summed E-state index contributed by atoms with van der Waals surface area (Å²) in [5.41, 5.74) is 0.619. The number of hydrogen-bond acceptors (Lipinski definition) is 3. The van der Waals surface area contributed by atoms with Crippen molar-refractivity contribution in [2.75, 3.05) is 18.1 Å². The summed E-state index contributed by atoms with van der Waals surface area (Å²) in [7, 11) is 0. The van der Waals surface area contributed by atoms with E-state index in [0.29, 0.717) is 22.4 Å². The first-order valence-electron chi connectivity index (χ1n) is 5.74. The lowest BCUT2D eigenvalue weighted by molar-refractivity contribution is 0.102. The molecule has 0 radical (unpaired) electrons. The number of benzene rings is 1. The van der Waals surface area contributed by atoms with Gasteiger partial charge in [-0.25, -0.2) is 0 Å². The Labute approximate surface area is 111 Å². The van der Waals surface area contributed by atoms with Crippen LogP contribution in [0.25, 0.3) is 0 Å². The van der Waals surface area contributed by atoms with Crippen molar-refractivity contribution in [2.24, 2.45) is 0 Å². The Morgan fingerprint density at radius 2 is 2.29 bits per heavy atom. The second-order valence-electron chi connectivity index (χ2n) is 4.05. The molecule has 4 heteroatoms. The van der Waals surface area contributed by atoms with Gasteiger partial charge >= 0.3 is 0 Å². The highest BCUT2D eigenvalue weighted by molar-refractivity contribution is 8.00. The predicted octanol–water partition coefficient (Wildman–Crippen LogP) is 3.43. The Bertz CT molecular complexity index is 389. The molecule has 0 saturated carbocycles. The van der Waals surface area contributed by atoms with Crippen molar-refractivity contribution in [3.63, 3.8) is 0 Å². The van der Waals surface area contributed by atoms with E-state index in [0.717, 1.165) is 25.2 Å². The zero-order valence-corrected chi connectivity index (χ0v) is 11.1. The van der Waals surface area contributed by atoms with Crippen LogP contribution in [-0.2, 0) is 4.74 Å². The average Bonchev–Trinajstić information content (AvgIpc) is 2.82. The van der Waals surface area contributed by atoms with Crippen LogP contribution in [0, 0.1) is 0 Å². The number of halogens is 1. The number of ether oxygens (including phenoxy) is 1. The van der Waals surface area contributed by atoms with Gasteiger partial charge in [0, 0.05) is 17.9 Å². The van der Waals surface area contributed by atoms with Crippen LogP contribution in [-0.4, -0.2) is 30.0 Å². The normalized spacial score (nSPS) is 19.5. The Kier molecular flexibility index (Phi) is 4.89. The maximum Gasteiger partial charge on any atom is 0.174 e. The second kappa shape index (κ2) is 6.43. The molecule has 0 N–H and O–H groups in total. The number of Topliss-reactive ketones (excluding diaryl/α,β-unsaturated/α-hetero) is 1. The molecule has 1 aromatic rings. The van der Waals surface area contributed by atoms with E-state index in [1.807, 2.05) is 12.1 Å². The first kappa shape index (κ1) is 12.9. The summed E-state index contributed by atoms with van der Waals surface area (Å²) in [5, 5.41) is 0.537. The maximum absolute atomic E-state index is 11.9. The third kappa shape index (κ3) is 3.73. The third-order valence-corrected chi connectivity index (χ3v) is 4.14. The van der Waals surface area contributed by atoms with Gasteiger partial charge < -0.3 is 4.74 Å². The van der Waals surface area contributed by atoms with Crippen LogP contribution >= 0.6 is 23.4 Å². The van der Waals surface area contributed by atoms with Gasteiger partial charge in [0.15, 0.2) is 5.78 Å². The zero-order valence-electron chi connectivity index (χ0n) is 9.52. The summed E-state index contributed by atoms with van der Waals surface area (Å²) < 4.78 is 5.51. The summed E-state index contributed by atoms with van der Waals surface area (Å²) in [6, 6.07) is 7.19. The lowest BCUT2D eigenvalue weighted by Gasteiger charge is -2.08. The van der Waals surface area contributed by atoms with Gasteiger partial charge in [-0.1, -0.05) is 23.7 Å². The fraction of sp³-hybridized carbons (Fsp3) is 0.462. The molecule has 1 aromatic carbocycles. The van der Waals surface area contributed by atoms with E-state index in [1.165, 1.54) is 0 Å². The van der Waals surface area contributed by atoms with Crippen LogP contribution < -0.4 is 0 Å². The van der Waals surface area contributed by atoms with E-state index in [-0.39, 0.29) is 5.78 Å². The summed E-state index contributed by atoms with van der Waals surface area (Å²) in [6.45, 7) is 0.865. The molecule has 0 aromatic heterocycles. The first-order chi connectivity index (χ1) is 8.27. The number of thioether (sulfide) groups is 1. The van der Waals surface area contributed by atoms with Gasteiger partial charge in [0.05, 0.1) is 16.9 Å². The molecule has 0 spiro atoms. The highest BCUT2D eigenvalue weighted by atomic mass is 35.5. The van der Waals surface area contributed by atoms with Crippen molar-refractivity contribution >= 4 is 29.1 Å². The van der Waals surface area contributed by atoms with Gasteiger partial charge in [-0.05, 0) is 25.0 Å². The van der Waals surface area contributed by atoms with E-state index in [1.54, 1.807) is 23.9 Å². The van der Waals surface area contributed by atoms with Crippen LogP contribution in [0.4, 0.5) is 0 Å². The van der Waals surface area contributed by atoms with Gasteiger partial charge in [-0.2, -0.15) is 11.8 Å². The summed E-state index contributed by atoms with van der Waals surface area (Å²) in [6.07, 6.45) is 2.59. The molecule has 0 amide bonds. The molecule has 1 aliphatic heterocycles. The highest BCUT2D eigenvalue weighted by Gasteiger charge is 2.16. The molecule has 0 bridgehead atoms. The van der Waals surface area contributed by atoms with Crippen molar-refractivity contribution in [1.82, 2.24) is 0 Å². The minimum absolute atomic E-state index is 0.0959. The summed E-state index contributed by atoms with van der Waals surface area (Å²) >= 11 is 7.60. The molecule has 1 heterocycles. The monoisotopic (exact) mass is 270 g/mol. The Morgan fingerprint density at radius 3 is 3.00 bits per heavy atom. The molecular formula is C13H15ClO2S. The van der Waals surface area contributed by atoms with Crippen molar-refractivity contribution in [3.05, 3.63) is 34.9 Å². The van der Waals surface area contributed by atoms with Crippen LogP contribution in [0.3, 0.4) is 0 Å². The number of carbonyl (C=O) groups excluding carboxylic acids is 1. The van der Waals surface area contributed by atoms with Crippen LogP contribution in [0.5, 0.6) is 0 Å². The Morgan fingerprint density at radius 1 is 1.47 bits per heavy atom. The summed E-state index contributed by atoms with van der Waals surface area (Å²) in [4.78, 5) is 11.9. The van der Waals surface area contributed by atoms with Crippen molar-refractivity contribution < 1.29 is 9.53 Å². The number of carbonyl (C=O) groups is 1. The molecule has 2 nitrogen and oxygen atoms in total. The maximum atomic E-state index is 11.9. The van der Waals surface area contributed by atoms with Crippen LogP contribution in [0.2, 0.25) is 5.02 Å². The van der Waals surface area contributed by atoms with Crippen molar-refractivity contribution in [2.45, 2.75) is 18.9 Å². The van der Waals surface area contributed by atoms with Crippen LogP contribution in [0.1, 0.15) is 23.2 Å². The molecule has 1 saturated heterocycles. The first-order valence-corrected chi connectivity index (χ1v) is 7.27. The number of hydrogen-bond donors (Lipinski definition) is 0. The number of ketones is 1. The molecule has 1 atom stereocenters. The highest BCUT2D eigenvalue weighted by Crippen LogP contribution is 2.20. The second-order valence-corrected chi connectivity index (χ2v) is 5.49. The SMILES string of the molecule is O=C(CSCC1CCCO1)c1ccccc1Cl. The van der Waals surface area contributed by atoms with E-state index in [2.05, 4.69) is 0 Å². The van der Waals surface area contributed by atoms with Gasteiger partial charge in [0.25, 0.3) is 0 Å². The van der Waals surface area contributed by atoms with Gasteiger partial charge in [0.1, 0.15) is 0 Å². The molecule has 2 rings (SSSR count). The Balaban J connectivity index is 1.79. The standard InChI is InChI=1S/C13H15ClO2S/c14-12-6-2-1-5-11(12)13(15)9-17-8-10-4-3-7-16-10/h1-2,5-6,10H,3-4,7-9H2. The molecule has 1 unspecified atom stereocenters. The molecular weight excluding hydrogens is 256 g/mol. The smallest absolute Gasteiger partial charge is 0.174 e. The topological polar surface area (TPSA) is 26.3 Å². The minimum Gasteiger partial charge on any atom is -0.377 e. The predicted molar refractivity (Wildman–Crippen MR) is 72.1 cm³/mol. The quantitative estimate of drug-likeness (QED) is 0.767. The molecule has 17 heavy (non-hydrogen) atoms. The van der Waals surface area contributed by atoms with E-state index >= 15 is 0 Å².